The van der Waals surface area contributed by atoms with E-state index < -0.39 is 0 Å². The van der Waals surface area contributed by atoms with Crippen molar-refractivity contribution in [2.75, 3.05) is 25.5 Å². The first kappa shape index (κ1) is 14.4. The number of unbranched alkanes of at least 4 members (excludes halogenated alkanes) is 1. The molecule has 0 aromatic carbocycles. The Kier molecular flexibility index (Phi) is 6.14. The zero-order chi connectivity index (χ0) is 13.4. The minimum atomic E-state index is -0.291. The molecule has 1 heterocycles. The van der Waals surface area contributed by atoms with Crippen LogP contribution in [0.1, 0.15) is 25.3 Å². The summed E-state index contributed by atoms with van der Waals surface area (Å²) < 4.78 is 0. The summed E-state index contributed by atoms with van der Waals surface area (Å²) in [4.78, 5) is 17.4. The van der Waals surface area contributed by atoms with Crippen molar-refractivity contribution in [1.82, 2.24) is 9.88 Å². The van der Waals surface area contributed by atoms with Gasteiger partial charge in [-0.1, -0.05) is 19.4 Å². The second kappa shape index (κ2) is 7.66. The predicted octanol–water partition coefficient (Wildman–Crippen LogP) is 1.21. The molecular weight excluding hydrogens is 228 g/mol. The van der Waals surface area contributed by atoms with Gasteiger partial charge in [0.25, 0.3) is 0 Å². The van der Waals surface area contributed by atoms with E-state index >= 15 is 0 Å². The van der Waals surface area contributed by atoms with Crippen molar-refractivity contribution < 1.29 is 4.79 Å². The van der Waals surface area contributed by atoms with Crippen LogP contribution in [-0.4, -0.2) is 35.9 Å². The molecule has 0 aliphatic rings. The molecule has 100 valence electrons. The van der Waals surface area contributed by atoms with Gasteiger partial charge >= 0.3 is 0 Å². The van der Waals surface area contributed by atoms with Crippen LogP contribution in [0.15, 0.2) is 18.3 Å². The first-order valence-electron chi connectivity index (χ1n) is 6.29. The number of aromatic nitrogens is 1. The molecule has 5 nitrogen and oxygen atoms in total. The SMILES string of the molecule is CCCCN(CC(N)=O)Cc1cccnc1NC. The number of nitrogens with two attached hydrogens (primary N) is 1. The van der Waals surface area contributed by atoms with Crippen molar-refractivity contribution >= 4 is 11.7 Å². The number of hydrogen-bond acceptors (Lipinski definition) is 4. The van der Waals surface area contributed by atoms with Crippen LogP contribution in [-0.2, 0) is 11.3 Å². The number of carbonyl (C=O) groups is 1. The molecule has 0 atom stereocenters. The van der Waals surface area contributed by atoms with E-state index in [-0.39, 0.29) is 12.5 Å². The molecule has 0 unspecified atom stereocenters. The Morgan fingerprint density at radius 1 is 1.56 bits per heavy atom. The fourth-order valence-corrected chi connectivity index (χ4v) is 1.85. The van der Waals surface area contributed by atoms with Gasteiger partial charge in [0, 0.05) is 25.4 Å². The number of hydrogen-bond donors (Lipinski definition) is 2. The van der Waals surface area contributed by atoms with Gasteiger partial charge in [0.2, 0.25) is 5.91 Å². The van der Waals surface area contributed by atoms with Gasteiger partial charge in [-0.15, -0.1) is 0 Å². The summed E-state index contributed by atoms with van der Waals surface area (Å²) in [5, 5.41) is 3.06. The molecule has 0 radical (unpaired) electrons. The molecule has 3 N–H and O–H groups in total. The monoisotopic (exact) mass is 250 g/mol. The summed E-state index contributed by atoms with van der Waals surface area (Å²) in [6.45, 7) is 3.98. The Balaban J connectivity index is 2.71. The molecule has 0 fully saturated rings. The number of anilines is 1. The van der Waals surface area contributed by atoms with E-state index in [0.29, 0.717) is 6.54 Å². The lowest BCUT2D eigenvalue weighted by molar-refractivity contribution is -0.119. The van der Waals surface area contributed by atoms with Crippen molar-refractivity contribution in [3.63, 3.8) is 0 Å². The van der Waals surface area contributed by atoms with Crippen LogP contribution < -0.4 is 11.1 Å². The molecule has 1 aromatic rings. The molecule has 0 aliphatic heterocycles. The summed E-state index contributed by atoms with van der Waals surface area (Å²) in [5.74, 6) is 0.560. The van der Waals surface area contributed by atoms with Gasteiger partial charge in [0.15, 0.2) is 0 Å². The molecule has 0 spiro atoms. The Morgan fingerprint density at radius 3 is 2.94 bits per heavy atom. The molecule has 18 heavy (non-hydrogen) atoms. The van der Waals surface area contributed by atoms with Crippen molar-refractivity contribution in [2.45, 2.75) is 26.3 Å². The molecule has 0 bridgehead atoms. The normalized spacial score (nSPS) is 10.6. The van der Waals surface area contributed by atoms with E-state index in [9.17, 15) is 4.79 Å². The van der Waals surface area contributed by atoms with Crippen molar-refractivity contribution in [3.05, 3.63) is 23.9 Å². The number of rotatable bonds is 8. The van der Waals surface area contributed by atoms with Crippen LogP contribution in [0, 0.1) is 0 Å². The molecule has 5 heteroatoms. The summed E-state index contributed by atoms with van der Waals surface area (Å²) in [5.41, 5.74) is 6.36. The molecule has 0 saturated heterocycles. The van der Waals surface area contributed by atoms with Gasteiger partial charge in [-0.05, 0) is 19.0 Å². The molecule has 0 aliphatic carbocycles. The maximum Gasteiger partial charge on any atom is 0.231 e. The molecule has 1 aromatic heterocycles. The van der Waals surface area contributed by atoms with E-state index in [2.05, 4.69) is 22.1 Å². The van der Waals surface area contributed by atoms with Gasteiger partial charge in [-0.25, -0.2) is 4.98 Å². The number of primary amides is 1. The van der Waals surface area contributed by atoms with Crippen molar-refractivity contribution in [2.24, 2.45) is 5.73 Å². The van der Waals surface area contributed by atoms with Gasteiger partial charge in [-0.2, -0.15) is 0 Å². The Labute approximate surface area is 108 Å². The highest BCUT2D eigenvalue weighted by molar-refractivity contribution is 5.75. The molecule has 0 saturated carbocycles. The third-order valence-electron chi connectivity index (χ3n) is 2.73. The zero-order valence-corrected chi connectivity index (χ0v) is 11.1. The fourth-order valence-electron chi connectivity index (χ4n) is 1.85. The minimum Gasteiger partial charge on any atom is -0.373 e. The third kappa shape index (κ3) is 4.71. The second-order valence-electron chi connectivity index (χ2n) is 4.29. The van der Waals surface area contributed by atoms with Crippen molar-refractivity contribution in [3.8, 4) is 0 Å². The highest BCUT2D eigenvalue weighted by Crippen LogP contribution is 2.13. The maximum absolute atomic E-state index is 11.1. The Hall–Kier alpha value is -1.62. The smallest absolute Gasteiger partial charge is 0.231 e. The Bertz CT molecular complexity index is 381. The van der Waals surface area contributed by atoms with Gasteiger partial charge in [0.1, 0.15) is 5.82 Å². The average molecular weight is 250 g/mol. The van der Waals surface area contributed by atoms with Gasteiger partial charge < -0.3 is 11.1 Å². The van der Waals surface area contributed by atoms with E-state index in [1.807, 2.05) is 19.2 Å². The quantitative estimate of drug-likeness (QED) is 0.727. The highest BCUT2D eigenvalue weighted by atomic mass is 16.1. The first-order chi connectivity index (χ1) is 8.67. The number of pyridine rings is 1. The standard InChI is InChI=1S/C13H22N4O/c1-3-4-8-17(10-12(14)18)9-11-6-5-7-16-13(11)15-2/h5-7H,3-4,8-10H2,1-2H3,(H2,14,18)(H,15,16). The lowest BCUT2D eigenvalue weighted by Gasteiger charge is -2.21. The largest absolute Gasteiger partial charge is 0.373 e. The van der Waals surface area contributed by atoms with Crippen LogP contribution >= 0.6 is 0 Å². The Morgan fingerprint density at radius 2 is 2.33 bits per heavy atom. The third-order valence-corrected chi connectivity index (χ3v) is 2.73. The lowest BCUT2D eigenvalue weighted by atomic mass is 10.2. The summed E-state index contributed by atoms with van der Waals surface area (Å²) in [6, 6.07) is 3.91. The van der Waals surface area contributed by atoms with E-state index in [4.69, 9.17) is 5.73 Å². The van der Waals surface area contributed by atoms with Gasteiger partial charge in [0.05, 0.1) is 6.54 Å². The zero-order valence-electron chi connectivity index (χ0n) is 11.1. The summed E-state index contributed by atoms with van der Waals surface area (Å²) >= 11 is 0. The first-order valence-corrected chi connectivity index (χ1v) is 6.29. The predicted molar refractivity (Wildman–Crippen MR) is 73.2 cm³/mol. The maximum atomic E-state index is 11.1. The minimum absolute atomic E-state index is 0.290. The molecule has 1 rings (SSSR count). The van der Waals surface area contributed by atoms with Crippen LogP contribution in [0.3, 0.4) is 0 Å². The van der Waals surface area contributed by atoms with E-state index in [0.717, 1.165) is 30.8 Å². The number of carbonyl (C=O) groups excluding carboxylic acids is 1. The topological polar surface area (TPSA) is 71.2 Å². The van der Waals surface area contributed by atoms with Gasteiger partial charge in [-0.3, -0.25) is 9.69 Å². The molecular formula is C13H22N4O. The average Bonchev–Trinajstić information content (AvgIpc) is 2.36. The van der Waals surface area contributed by atoms with E-state index in [1.54, 1.807) is 6.20 Å². The lowest BCUT2D eigenvalue weighted by Crippen LogP contribution is -2.34. The van der Waals surface area contributed by atoms with Crippen molar-refractivity contribution in [1.29, 1.82) is 0 Å². The van der Waals surface area contributed by atoms with Crippen LogP contribution in [0.25, 0.3) is 0 Å². The summed E-state index contributed by atoms with van der Waals surface area (Å²) in [6.07, 6.45) is 3.91. The second-order valence-corrected chi connectivity index (χ2v) is 4.29. The number of nitrogens with one attached hydrogen (secondary N) is 1. The number of amides is 1. The van der Waals surface area contributed by atoms with Crippen LogP contribution in [0.5, 0.6) is 0 Å². The van der Waals surface area contributed by atoms with E-state index in [1.165, 1.54) is 0 Å². The van der Waals surface area contributed by atoms with Crippen LogP contribution in [0.2, 0.25) is 0 Å². The molecule has 1 amide bonds. The van der Waals surface area contributed by atoms with Crippen LogP contribution in [0.4, 0.5) is 5.82 Å². The highest BCUT2D eigenvalue weighted by Gasteiger charge is 2.11. The fraction of sp³-hybridized carbons (Fsp3) is 0.538. The number of nitrogens with zero attached hydrogens (tertiary/aromatic N) is 2. The summed E-state index contributed by atoms with van der Waals surface area (Å²) in [7, 11) is 1.84.